The molecule has 7 heteroatoms. The van der Waals surface area contributed by atoms with Gasteiger partial charge < -0.3 is 19.7 Å². The van der Waals surface area contributed by atoms with E-state index in [1.165, 1.54) is 0 Å². The number of piperazine rings is 1. The van der Waals surface area contributed by atoms with Gasteiger partial charge in [-0.25, -0.2) is 0 Å². The first-order valence-electron chi connectivity index (χ1n) is 10.3. The normalized spacial score (nSPS) is 16.6. The number of unbranched alkanes of at least 4 members (excludes halogenated alkanes) is 1. The van der Waals surface area contributed by atoms with Crippen molar-refractivity contribution >= 4 is 17.5 Å². The first kappa shape index (κ1) is 22.8. The predicted octanol–water partition coefficient (Wildman–Crippen LogP) is 3.28. The fraction of sp³-hybridized carbons (Fsp3) is 0.667. The number of rotatable bonds is 10. The lowest BCUT2D eigenvalue weighted by Crippen LogP contribution is -2.49. The molecule has 0 bridgehead atoms. The first-order chi connectivity index (χ1) is 13.4. The van der Waals surface area contributed by atoms with Gasteiger partial charge in [-0.2, -0.15) is 0 Å². The number of hydrogen-bond donors (Lipinski definition) is 1. The van der Waals surface area contributed by atoms with Gasteiger partial charge in [0.05, 0.1) is 18.2 Å². The average Bonchev–Trinajstić information content (AvgIpc) is 2.65. The second kappa shape index (κ2) is 11.5. The lowest BCUT2D eigenvalue weighted by molar-refractivity contribution is 0.0914. The van der Waals surface area contributed by atoms with E-state index in [4.69, 9.17) is 21.1 Å². The van der Waals surface area contributed by atoms with E-state index in [1.54, 1.807) is 12.1 Å². The van der Waals surface area contributed by atoms with Gasteiger partial charge in [0.2, 0.25) is 0 Å². The number of likely N-dealkylation sites (N-methyl/N-ethyl adjacent to an activating group) is 1. The van der Waals surface area contributed by atoms with E-state index in [1.807, 2.05) is 13.8 Å². The number of ether oxygens (including phenoxy) is 2. The molecule has 6 nitrogen and oxygen atoms in total. The maximum absolute atomic E-state index is 12.7. The summed E-state index contributed by atoms with van der Waals surface area (Å²) in [6, 6.07) is 3.42. The van der Waals surface area contributed by atoms with Crippen LogP contribution in [0.25, 0.3) is 0 Å². The second-order valence-electron chi connectivity index (χ2n) is 7.40. The summed E-state index contributed by atoms with van der Waals surface area (Å²) in [6.45, 7) is 12.1. The molecule has 1 aromatic rings. The third-order valence-electron chi connectivity index (χ3n) is 4.82. The number of benzene rings is 1. The summed E-state index contributed by atoms with van der Waals surface area (Å²) in [7, 11) is 2.14. The summed E-state index contributed by atoms with van der Waals surface area (Å²) in [5, 5.41) is 3.48. The van der Waals surface area contributed by atoms with Crippen LogP contribution < -0.4 is 14.8 Å². The van der Waals surface area contributed by atoms with Crippen LogP contribution in [-0.2, 0) is 0 Å². The molecule has 28 heavy (non-hydrogen) atoms. The van der Waals surface area contributed by atoms with Crippen LogP contribution in [0.4, 0.5) is 0 Å². The topological polar surface area (TPSA) is 54.0 Å². The summed E-state index contributed by atoms with van der Waals surface area (Å²) >= 11 is 6.40. The highest BCUT2D eigenvalue weighted by Gasteiger charge is 2.20. The molecule has 1 N–H and O–H groups in total. The van der Waals surface area contributed by atoms with Gasteiger partial charge in [0.25, 0.3) is 5.91 Å². The molecule has 0 spiro atoms. The molecule has 1 aliphatic rings. The quantitative estimate of drug-likeness (QED) is 0.599. The molecule has 1 aliphatic heterocycles. The Kier molecular flexibility index (Phi) is 9.35. The highest BCUT2D eigenvalue weighted by molar-refractivity contribution is 6.32. The molecule has 1 unspecified atom stereocenters. The van der Waals surface area contributed by atoms with E-state index in [-0.39, 0.29) is 11.9 Å². The van der Waals surface area contributed by atoms with Gasteiger partial charge in [0.1, 0.15) is 0 Å². The smallest absolute Gasteiger partial charge is 0.251 e. The lowest BCUT2D eigenvalue weighted by Gasteiger charge is -2.34. The zero-order valence-electron chi connectivity index (χ0n) is 17.6. The Morgan fingerprint density at radius 3 is 2.57 bits per heavy atom. The van der Waals surface area contributed by atoms with Crippen molar-refractivity contribution in [1.29, 1.82) is 0 Å². The zero-order chi connectivity index (χ0) is 20.5. The molecule has 1 atom stereocenters. The predicted molar refractivity (Wildman–Crippen MR) is 114 cm³/mol. The molecular formula is C21H34ClN3O3. The fourth-order valence-corrected chi connectivity index (χ4v) is 3.46. The van der Waals surface area contributed by atoms with E-state index < -0.39 is 0 Å². The van der Waals surface area contributed by atoms with Crippen LogP contribution in [0.5, 0.6) is 11.5 Å². The fourth-order valence-electron chi connectivity index (χ4n) is 3.19. The highest BCUT2D eigenvalue weighted by Crippen LogP contribution is 2.37. The van der Waals surface area contributed by atoms with Crippen LogP contribution in [0.15, 0.2) is 12.1 Å². The minimum Gasteiger partial charge on any atom is -0.490 e. The van der Waals surface area contributed by atoms with Crippen molar-refractivity contribution in [3.05, 3.63) is 22.7 Å². The van der Waals surface area contributed by atoms with Crippen molar-refractivity contribution in [3.63, 3.8) is 0 Å². The molecule has 1 amide bonds. The van der Waals surface area contributed by atoms with Crippen molar-refractivity contribution in [2.24, 2.45) is 0 Å². The highest BCUT2D eigenvalue weighted by atomic mass is 35.5. The Hall–Kier alpha value is -1.50. The average molecular weight is 412 g/mol. The number of amides is 1. The Morgan fingerprint density at radius 2 is 1.93 bits per heavy atom. The van der Waals surface area contributed by atoms with Crippen molar-refractivity contribution in [3.8, 4) is 11.5 Å². The molecule has 2 rings (SSSR count). The molecule has 1 fully saturated rings. The monoisotopic (exact) mass is 411 g/mol. The number of nitrogens with one attached hydrogen (secondary N) is 1. The largest absolute Gasteiger partial charge is 0.490 e. The Labute approximate surface area is 174 Å². The van der Waals surface area contributed by atoms with Crippen LogP contribution in [0, 0.1) is 0 Å². The third kappa shape index (κ3) is 6.83. The number of hydrogen-bond acceptors (Lipinski definition) is 5. The lowest BCUT2D eigenvalue weighted by atomic mass is 10.1. The maximum atomic E-state index is 12.7. The summed E-state index contributed by atoms with van der Waals surface area (Å²) < 4.78 is 11.5. The number of carbonyl (C=O) groups is 1. The number of nitrogens with zero attached hydrogens (tertiary/aromatic N) is 2. The van der Waals surface area contributed by atoms with E-state index in [2.05, 4.69) is 29.1 Å². The van der Waals surface area contributed by atoms with Crippen molar-refractivity contribution in [1.82, 2.24) is 15.1 Å². The summed E-state index contributed by atoms with van der Waals surface area (Å²) in [5.74, 6) is 0.881. The molecule has 0 aromatic heterocycles. The molecule has 0 aliphatic carbocycles. The zero-order valence-corrected chi connectivity index (χ0v) is 18.3. The van der Waals surface area contributed by atoms with Crippen molar-refractivity contribution < 1.29 is 14.3 Å². The number of carbonyl (C=O) groups excluding carboxylic acids is 1. The van der Waals surface area contributed by atoms with Crippen LogP contribution >= 0.6 is 11.6 Å². The Balaban J connectivity index is 2.01. The molecule has 0 radical (unpaired) electrons. The van der Waals surface area contributed by atoms with Gasteiger partial charge in [-0.15, -0.1) is 0 Å². The Morgan fingerprint density at radius 1 is 1.21 bits per heavy atom. The molecule has 0 saturated carbocycles. The third-order valence-corrected chi connectivity index (χ3v) is 5.10. The van der Waals surface area contributed by atoms with Crippen LogP contribution in [-0.4, -0.2) is 74.7 Å². The van der Waals surface area contributed by atoms with E-state index in [0.29, 0.717) is 35.3 Å². The van der Waals surface area contributed by atoms with Gasteiger partial charge in [-0.1, -0.05) is 24.9 Å². The Bertz CT molecular complexity index is 634. The standard InChI is InChI=1S/C21H34ClN3O3/c1-5-7-12-28-20-18(22)13-17(14-19(20)27-6-2)21(26)23-16(3)15-25-10-8-24(4)9-11-25/h13-14,16H,5-12,15H2,1-4H3,(H,23,26). The van der Waals surface area contributed by atoms with Crippen LogP contribution in [0.1, 0.15) is 44.0 Å². The molecular weight excluding hydrogens is 378 g/mol. The summed E-state index contributed by atoms with van der Waals surface area (Å²) in [6.07, 6.45) is 1.97. The van der Waals surface area contributed by atoms with Gasteiger partial charge >= 0.3 is 0 Å². The van der Waals surface area contributed by atoms with E-state index >= 15 is 0 Å². The van der Waals surface area contributed by atoms with Crippen molar-refractivity contribution in [2.75, 3.05) is 53.0 Å². The summed E-state index contributed by atoms with van der Waals surface area (Å²) in [4.78, 5) is 17.4. The van der Waals surface area contributed by atoms with Gasteiger partial charge in [0, 0.05) is 44.3 Å². The first-order valence-corrected chi connectivity index (χ1v) is 10.6. The minimum atomic E-state index is -0.149. The molecule has 1 saturated heterocycles. The second-order valence-corrected chi connectivity index (χ2v) is 7.81. The van der Waals surface area contributed by atoms with Gasteiger partial charge in [-0.3, -0.25) is 9.69 Å². The van der Waals surface area contributed by atoms with Crippen LogP contribution in [0.2, 0.25) is 5.02 Å². The molecule has 158 valence electrons. The molecule has 1 aromatic carbocycles. The van der Waals surface area contributed by atoms with Crippen LogP contribution in [0.3, 0.4) is 0 Å². The van der Waals surface area contributed by atoms with Gasteiger partial charge in [0.15, 0.2) is 11.5 Å². The summed E-state index contributed by atoms with van der Waals surface area (Å²) in [5.41, 5.74) is 0.488. The van der Waals surface area contributed by atoms with Gasteiger partial charge in [-0.05, 0) is 39.4 Å². The minimum absolute atomic E-state index is 0.0469. The van der Waals surface area contributed by atoms with E-state index in [9.17, 15) is 4.79 Å². The van der Waals surface area contributed by atoms with Crippen molar-refractivity contribution in [2.45, 2.75) is 39.7 Å². The van der Waals surface area contributed by atoms with E-state index in [0.717, 1.165) is 45.6 Å². The maximum Gasteiger partial charge on any atom is 0.251 e. The SMILES string of the molecule is CCCCOc1c(Cl)cc(C(=O)NC(C)CN2CCN(C)CC2)cc1OCC. The molecule has 1 heterocycles. The number of halogens is 1.